The molecule has 0 fully saturated rings. The van der Waals surface area contributed by atoms with Gasteiger partial charge in [0.05, 0.1) is 7.11 Å². The van der Waals surface area contributed by atoms with E-state index in [0.29, 0.717) is 11.4 Å². The molecule has 0 saturated heterocycles. The molecular formula is C12H11NO4. The van der Waals surface area contributed by atoms with Gasteiger partial charge in [0.2, 0.25) is 5.89 Å². The molecule has 17 heavy (non-hydrogen) atoms. The summed E-state index contributed by atoms with van der Waals surface area (Å²) in [4.78, 5) is 14.6. The molecule has 2 aromatic rings. The van der Waals surface area contributed by atoms with Crippen LogP contribution in [0.3, 0.4) is 0 Å². The minimum atomic E-state index is -0.974. The SMILES string of the molecule is COc1ccccc1-c1coc(CC(=O)O)n1. The first-order chi connectivity index (χ1) is 8.20. The van der Waals surface area contributed by atoms with Gasteiger partial charge in [0.15, 0.2) is 0 Å². The number of carbonyl (C=O) groups is 1. The Morgan fingerprint density at radius 2 is 2.24 bits per heavy atom. The second kappa shape index (κ2) is 4.69. The largest absolute Gasteiger partial charge is 0.496 e. The average Bonchev–Trinajstić information content (AvgIpc) is 2.76. The van der Waals surface area contributed by atoms with Crippen molar-refractivity contribution in [1.82, 2.24) is 4.98 Å². The van der Waals surface area contributed by atoms with Crippen LogP contribution in [0.15, 0.2) is 34.9 Å². The molecule has 88 valence electrons. The van der Waals surface area contributed by atoms with E-state index < -0.39 is 5.97 Å². The number of nitrogens with zero attached hydrogens (tertiary/aromatic N) is 1. The molecule has 0 aliphatic heterocycles. The number of aliphatic carboxylic acids is 1. The Labute approximate surface area is 97.7 Å². The summed E-state index contributed by atoms with van der Waals surface area (Å²) in [7, 11) is 1.57. The maximum absolute atomic E-state index is 10.5. The lowest BCUT2D eigenvalue weighted by Crippen LogP contribution is -1.99. The van der Waals surface area contributed by atoms with E-state index in [1.807, 2.05) is 18.2 Å². The molecule has 1 N–H and O–H groups in total. The van der Waals surface area contributed by atoms with Crippen molar-refractivity contribution >= 4 is 5.97 Å². The van der Waals surface area contributed by atoms with Crippen molar-refractivity contribution in [2.75, 3.05) is 7.11 Å². The molecule has 2 rings (SSSR count). The zero-order valence-electron chi connectivity index (χ0n) is 9.21. The van der Waals surface area contributed by atoms with E-state index in [2.05, 4.69) is 4.98 Å². The Kier molecular flexibility index (Phi) is 3.09. The normalized spacial score (nSPS) is 10.2. The monoisotopic (exact) mass is 233 g/mol. The molecule has 0 amide bonds. The number of oxazole rings is 1. The first-order valence-corrected chi connectivity index (χ1v) is 5.00. The highest BCUT2D eigenvalue weighted by Gasteiger charge is 2.12. The van der Waals surface area contributed by atoms with E-state index in [4.69, 9.17) is 14.3 Å². The average molecular weight is 233 g/mol. The second-order valence-corrected chi connectivity index (χ2v) is 3.40. The lowest BCUT2D eigenvalue weighted by molar-refractivity contribution is -0.136. The molecule has 0 unspecified atom stereocenters. The van der Waals surface area contributed by atoms with Gasteiger partial charge in [0.25, 0.3) is 0 Å². The highest BCUT2D eigenvalue weighted by molar-refractivity contribution is 5.70. The molecule has 1 aromatic heterocycles. The van der Waals surface area contributed by atoms with Crippen LogP contribution in [0.2, 0.25) is 0 Å². The van der Waals surface area contributed by atoms with Gasteiger partial charge in [-0.3, -0.25) is 4.79 Å². The molecule has 0 radical (unpaired) electrons. The van der Waals surface area contributed by atoms with Crippen LogP contribution in [0.4, 0.5) is 0 Å². The lowest BCUT2D eigenvalue weighted by Gasteiger charge is -2.03. The van der Waals surface area contributed by atoms with Crippen LogP contribution < -0.4 is 4.74 Å². The van der Waals surface area contributed by atoms with Crippen LogP contribution in [-0.2, 0) is 11.2 Å². The molecular weight excluding hydrogens is 222 g/mol. The summed E-state index contributed by atoms with van der Waals surface area (Å²) < 4.78 is 10.3. The summed E-state index contributed by atoms with van der Waals surface area (Å²) in [5.41, 5.74) is 1.34. The molecule has 0 aliphatic rings. The van der Waals surface area contributed by atoms with Crippen LogP contribution in [0.1, 0.15) is 5.89 Å². The maximum Gasteiger partial charge on any atom is 0.312 e. The van der Waals surface area contributed by atoms with Crippen molar-refractivity contribution in [3.05, 3.63) is 36.4 Å². The second-order valence-electron chi connectivity index (χ2n) is 3.40. The fourth-order valence-electron chi connectivity index (χ4n) is 1.50. The molecule has 0 atom stereocenters. The summed E-state index contributed by atoms with van der Waals surface area (Å²) in [5, 5.41) is 8.62. The summed E-state index contributed by atoms with van der Waals surface area (Å²) in [6.07, 6.45) is 1.20. The number of carboxylic acids is 1. The first-order valence-electron chi connectivity index (χ1n) is 5.00. The molecule has 0 saturated carbocycles. The first kappa shape index (κ1) is 11.2. The lowest BCUT2D eigenvalue weighted by atomic mass is 10.1. The quantitative estimate of drug-likeness (QED) is 0.874. The van der Waals surface area contributed by atoms with Gasteiger partial charge in [-0.1, -0.05) is 12.1 Å². The number of hydrogen-bond acceptors (Lipinski definition) is 4. The Morgan fingerprint density at radius 1 is 1.47 bits per heavy atom. The highest BCUT2D eigenvalue weighted by Crippen LogP contribution is 2.28. The van der Waals surface area contributed by atoms with Crippen LogP contribution in [0, 0.1) is 0 Å². The Balaban J connectivity index is 2.33. The topological polar surface area (TPSA) is 72.6 Å². The van der Waals surface area contributed by atoms with E-state index >= 15 is 0 Å². The maximum atomic E-state index is 10.5. The molecule has 1 aromatic carbocycles. The Bertz CT molecular complexity index is 533. The number of ether oxygens (including phenoxy) is 1. The minimum Gasteiger partial charge on any atom is -0.496 e. The molecule has 0 spiro atoms. The number of rotatable bonds is 4. The smallest absolute Gasteiger partial charge is 0.312 e. The van der Waals surface area contributed by atoms with Crippen LogP contribution in [-0.4, -0.2) is 23.2 Å². The van der Waals surface area contributed by atoms with Crippen molar-refractivity contribution in [1.29, 1.82) is 0 Å². The van der Waals surface area contributed by atoms with E-state index in [1.54, 1.807) is 13.2 Å². The number of methoxy groups -OCH3 is 1. The van der Waals surface area contributed by atoms with E-state index in [0.717, 1.165) is 5.56 Å². The Hall–Kier alpha value is -2.30. The number of benzene rings is 1. The van der Waals surface area contributed by atoms with Crippen molar-refractivity contribution in [3.8, 4) is 17.0 Å². The standard InChI is InChI=1S/C12H11NO4/c1-16-10-5-3-2-4-8(10)9-7-17-11(13-9)6-12(14)15/h2-5,7H,6H2,1H3,(H,14,15). The van der Waals surface area contributed by atoms with Crippen LogP contribution in [0.25, 0.3) is 11.3 Å². The van der Waals surface area contributed by atoms with Gasteiger partial charge in [-0.15, -0.1) is 0 Å². The van der Waals surface area contributed by atoms with Gasteiger partial charge >= 0.3 is 5.97 Å². The fraction of sp³-hybridized carbons (Fsp3) is 0.167. The number of para-hydroxylation sites is 1. The van der Waals surface area contributed by atoms with E-state index in [-0.39, 0.29) is 12.3 Å². The molecule has 5 heteroatoms. The van der Waals surface area contributed by atoms with Gasteiger partial charge < -0.3 is 14.3 Å². The summed E-state index contributed by atoms with van der Waals surface area (Å²) in [6.45, 7) is 0. The predicted octanol–water partition coefficient (Wildman–Crippen LogP) is 1.98. The van der Waals surface area contributed by atoms with Gasteiger partial charge in [0.1, 0.15) is 24.1 Å². The van der Waals surface area contributed by atoms with Crippen LogP contribution >= 0.6 is 0 Å². The van der Waals surface area contributed by atoms with Crippen LogP contribution in [0.5, 0.6) is 5.75 Å². The number of carboxylic acid groups (broad SMARTS) is 1. The highest BCUT2D eigenvalue weighted by atomic mass is 16.5. The van der Waals surface area contributed by atoms with Gasteiger partial charge in [0, 0.05) is 5.56 Å². The molecule has 0 bridgehead atoms. The molecule has 1 heterocycles. The Morgan fingerprint density at radius 3 is 2.94 bits per heavy atom. The van der Waals surface area contributed by atoms with Gasteiger partial charge in [-0.25, -0.2) is 4.98 Å². The summed E-state index contributed by atoms with van der Waals surface area (Å²) in [5.74, 6) is -0.125. The van der Waals surface area contributed by atoms with Crippen molar-refractivity contribution in [3.63, 3.8) is 0 Å². The van der Waals surface area contributed by atoms with E-state index in [9.17, 15) is 4.79 Å². The minimum absolute atomic E-state index is 0.179. The van der Waals surface area contributed by atoms with Crippen molar-refractivity contribution in [2.24, 2.45) is 0 Å². The van der Waals surface area contributed by atoms with Gasteiger partial charge in [-0.2, -0.15) is 0 Å². The van der Waals surface area contributed by atoms with E-state index in [1.165, 1.54) is 6.26 Å². The predicted molar refractivity (Wildman–Crippen MR) is 59.8 cm³/mol. The zero-order valence-corrected chi connectivity index (χ0v) is 9.21. The third-order valence-electron chi connectivity index (χ3n) is 2.24. The third-order valence-corrected chi connectivity index (χ3v) is 2.24. The number of hydrogen-bond donors (Lipinski definition) is 1. The number of aromatic nitrogens is 1. The molecule has 5 nitrogen and oxygen atoms in total. The summed E-state index contributed by atoms with van der Waals surface area (Å²) >= 11 is 0. The van der Waals surface area contributed by atoms with Crippen molar-refractivity contribution < 1.29 is 19.1 Å². The van der Waals surface area contributed by atoms with Crippen molar-refractivity contribution in [2.45, 2.75) is 6.42 Å². The zero-order chi connectivity index (χ0) is 12.3. The molecule has 0 aliphatic carbocycles. The van der Waals surface area contributed by atoms with Gasteiger partial charge in [-0.05, 0) is 12.1 Å². The fourth-order valence-corrected chi connectivity index (χ4v) is 1.50. The summed E-state index contributed by atoms with van der Waals surface area (Å²) in [6, 6.07) is 7.34. The third kappa shape index (κ3) is 2.44.